The van der Waals surface area contributed by atoms with Gasteiger partial charge in [-0.3, -0.25) is 4.79 Å². The highest BCUT2D eigenvalue weighted by molar-refractivity contribution is 5.74. The predicted octanol–water partition coefficient (Wildman–Crippen LogP) is 5.74. The van der Waals surface area contributed by atoms with E-state index in [0.717, 1.165) is 12.8 Å². The van der Waals surface area contributed by atoms with Gasteiger partial charge >= 0.3 is 6.09 Å². The van der Waals surface area contributed by atoms with Crippen molar-refractivity contribution in [1.29, 1.82) is 0 Å². The molecule has 1 saturated heterocycles. The van der Waals surface area contributed by atoms with Crippen molar-refractivity contribution >= 4 is 12.0 Å². The van der Waals surface area contributed by atoms with Gasteiger partial charge in [-0.25, -0.2) is 4.79 Å². The molecule has 0 aromatic heterocycles. The second-order valence-corrected chi connectivity index (χ2v) is 10.0. The molecule has 1 aliphatic heterocycles. The number of benzene rings is 1. The largest absolute Gasteiger partial charge is 0.444 e. The first kappa shape index (κ1) is 24.2. The number of hydrogen-bond donors (Lipinski definition) is 0. The van der Waals surface area contributed by atoms with E-state index < -0.39 is 5.60 Å². The van der Waals surface area contributed by atoms with E-state index in [-0.39, 0.29) is 24.1 Å². The van der Waals surface area contributed by atoms with Crippen LogP contribution in [-0.4, -0.2) is 46.5 Å². The molecule has 1 aromatic rings. The number of amides is 2. The molecule has 1 aliphatic rings. The number of ether oxygens (including phenoxy) is 1. The predicted molar refractivity (Wildman–Crippen MR) is 122 cm³/mol. The van der Waals surface area contributed by atoms with Gasteiger partial charge in [0.2, 0.25) is 5.91 Å². The highest BCUT2D eigenvalue weighted by Gasteiger charge is 2.31. The average Bonchev–Trinajstić information content (AvgIpc) is 2.61. The SMILES string of the molecule is CC(=O)N(C(C)C)[C@@H](C)c1cc(C)c(C)cc1C1CCN(C(=O)OC(C)(C)C)CC1. The van der Waals surface area contributed by atoms with E-state index in [0.29, 0.717) is 19.0 Å². The van der Waals surface area contributed by atoms with Gasteiger partial charge in [0.25, 0.3) is 0 Å². The lowest BCUT2D eigenvalue weighted by atomic mass is 9.82. The third-order valence-corrected chi connectivity index (χ3v) is 6.07. The van der Waals surface area contributed by atoms with Crippen LogP contribution in [0.25, 0.3) is 0 Å². The normalized spacial score (nSPS) is 16.5. The zero-order valence-corrected chi connectivity index (χ0v) is 20.3. The van der Waals surface area contributed by atoms with E-state index in [1.54, 1.807) is 6.92 Å². The van der Waals surface area contributed by atoms with Crippen molar-refractivity contribution < 1.29 is 14.3 Å². The zero-order valence-electron chi connectivity index (χ0n) is 20.3. The molecule has 1 aromatic carbocycles. The first-order valence-electron chi connectivity index (χ1n) is 11.2. The lowest BCUT2D eigenvalue weighted by molar-refractivity contribution is -0.132. The summed E-state index contributed by atoms with van der Waals surface area (Å²) in [7, 11) is 0. The number of nitrogens with zero attached hydrogens (tertiary/aromatic N) is 2. The van der Waals surface area contributed by atoms with Crippen molar-refractivity contribution in [1.82, 2.24) is 9.80 Å². The summed E-state index contributed by atoms with van der Waals surface area (Å²) in [6.07, 6.45) is 1.59. The Morgan fingerprint density at radius 1 is 1.07 bits per heavy atom. The van der Waals surface area contributed by atoms with Crippen molar-refractivity contribution in [2.45, 2.75) is 98.8 Å². The molecule has 0 bridgehead atoms. The van der Waals surface area contributed by atoms with Crippen LogP contribution in [0.3, 0.4) is 0 Å². The summed E-state index contributed by atoms with van der Waals surface area (Å²) in [4.78, 5) is 28.6. The number of aryl methyl sites for hydroxylation is 2. The lowest BCUT2D eigenvalue weighted by Gasteiger charge is -2.37. The molecule has 1 atom stereocenters. The summed E-state index contributed by atoms with van der Waals surface area (Å²) in [5.74, 6) is 0.475. The van der Waals surface area contributed by atoms with Gasteiger partial charge in [-0.2, -0.15) is 0 Å². The van der Waals surface area contributed by atoms with Gasteiger partial charge in [0, 0.05) is 26.1 Å². The number of carbonyl (C=O) groups excluding carboxylic acids is 2. The van der Waals surface area contributed by atoms with Crippen molar-refractivity contribution in [2.75, 3.05) is 13.1 Å². The molecule has 1 fully saturated rings. The van der Waals surface area contributed by atoms with Crippen LogP contribution in [0.1, 0.15) is 95.5 Å². The number of likely N-dealkylation sites (tertiary alicyclic amines) is 1. The number of rotatable bonds is 4. The van der Waals surface area contributed by atoms with E-state index in [1.165, 1.54) is 22.3 Å². The molecule has 0 radical (unpaired) electrons. The number of hydrogen-bond acceptors (Lipinski definition) is 3. The molecule has 5 heteroatoms. The molecule has 2 rings (SSSR count). The van der Waals surface area contributed by atoms with Gasteiger partial charge in [0.05, 0.1) is 6.04 Å². The van der Waals surface area contributed by atoms with Crippen molar-refractivity contribution in [3.05, 3.63) is 34.4 Å². The number of carbonyl (C=O) groups is 2. The molecule has 168 valence electrons. The molecule has 5 nitrogen and oxygen atoms in total. The monoisotopic (exact) mass is 416 g/mol. The Morgan fingerprint density at radius 2 is 1.60 bits per heavy atom. The molecule has 1 heterocycles. The van der Waals surface area contributed by atoms with E-state index in [2.05, 4.69) is 46.8 Å². The second-order valence-electron chi connectivity index (χ2n) is 10.0. The van der Waals surface area contributed by atoms with Crippen LogP contribution in [0, 0.1) is 13.8 Å². The molecule has 0 unspecified atom stereocenters. The van der Waals surface area contributed by atoms with E-state index in [1.807, 2.05) is 30.6 Å². The minimum absolute atomic E-state index is 0.0145. The molecular formula is C25H40N2O3. The highest BCUT2D eigenvalue weighted by atomic mass is 16.6. The maximum atomic E-state index is 12.4. The average molecular weight is 417 g/mol. The van der Waals surface area contributed by atoms with Crippen molar-refractivity contribution in [3.63, 3.8) is 0 Å². The molecule has 2 amide bonds. The molecule has 0 aliphatic carbocycles. The highest BCUT2D eigenvalue weighted by Crippen LogP contribution is 2.37. The fourth-order valence-electron chi connectivity index (χ4n) is 4.51. The third kappa shape index (κ3) is 5.77. The Balaban J connectivity index is 2.27. The first-order chi connectivity index (χ1) is 13.8. The Labute approximate surface area is 182 Å². The molecule has 0 saturated carbocycles. The van der Waals surface area contributed by atoms with Gasteiger partial charge in [-0.1, -0.05) is 12.1 Å². The quantitative estimate of drug-likeness (QED) is 0.629. The molecule has 0 spiro atoms. The smallest absolute Gasteiger partial charge is 0.410 e. The Morgan fingerprint density at radius 3 is 2.07 bits per heavy atom. The Bertz CT molecular complexity index is 771. The zero-order chi connectivity index (χ0) is 22.8. The Kier molecular flexibility index (Phi) is 7.59. The lowest BCUT2D eigenvalue weighted by Crippen LogP contribution is -2.41. The van der Waals surface area contributed by atoms with Crippen LogP contribution < -0.4 is 0 Å². The van der Waals surface area contributed by atoms with Gasteiger partial charge in [0.15, 0.2) is 0 Å². The summed E-state index contributed by atoms with van der Waals surface area (Å²) in [5, 5.41) is 0. The van der Waals surface area contributed by atoms with Gasteiger partial charge in [-0.15, -0.1) is 0 Å². The fourth-order valence-corrected chi connectivity index (χ4v) is 4.51. The fraction of sp³-hybridized carbons (Fsp3) is 0.680. The van der Waals surface area contributed by atoms with E-state index in [9.17, 15) is 9.59 Å². The minimum atomic E-state index is -0.475. The Hall–Kier alpha value is -2.04. The van der Waals surface area contributed by atoms with Gasteiger partial charge in [0.1, 0.15) is 5.60 Å². The summed E-state index contributed by atoms with van der Waals surface area (Å²) in [6, 6.07) is 4.71. The summed E-state index contributed by atoms with van der Waals surface area (Å²) >= 11 is 0. The van der Waals surface area contributed by atoms with E-state index >= 15 is 0 Å². The number of piperidine rings is 1. The minimum Gasteiger partial charge on any atom is -0.444 e. The second kappa shape index (κ2) is 9.40. The summed E-state index contributed by atoms with van der Waals surface area (Å²) < 4.78 is 5.54. The molecular weight excluding hydrogens is 376 g/mol. The van der Waals surface area contributed by atoms with Crippen LogP contribution in [0.5, 0.6) is 0 Å². The maximum absolute atomic E-state index is 12.4. The summed E-state index contributed by atoms with van der Waals surface area (Å²) in [5.41, 5.74) is 4.60. The van der Waals surface area contributed by atoms with Crippen LogP contribution in [0.4, 0.5) is 4.79 Å². The maximum Gasteiger partial charge on any atom is 0.410 e. The van der Waals surface area contributed by atoms with E-state index in [4.69, 9.17) is 4.74 Å². The van der Waals surface area contributed by atoms with Crippen molar-refractivity contribution in [3.8, 4) is 0 Å². The van der Waals surface area contributed by atoms with Crippen LogP contribution in [0.15, 0.2) is 12.1 Å². The third-order valence-electron chi connectivity index (χ3n) is 6.07. The molecule has 30 heavy (non-hydrogen) atoms. The van der Waals surface area contributed by atoms with Crippen LogP contribution in [0.2, 0.25) is 0 Å². The van der Waals surface area contributed by atoms with Gasteiger partial charge in [-0.05, 0) is 96.4 Å². The van der Waals surface area contributed by atoms with Crippen LogP contribution in [-0.2, 0) is 9.53 Å². The summed E-state index contributed by atoms with van der Waals surface area (Å²) in [6.45, 7) is 19.3. The first-order valence-corrected chi connectivity index (χ1v) is 11.2. The molecule has 0 N–H and O–H groups in total. The van der Waals surface area contributed by atoms with Crippen molar-refractivity contribution in [2.24, 2.45) is 0 Å². The van der Waals surface area contributed by atoms with Crippen LogP contribution >= 0.6 is 0 Å². The topological polar surface area (TPSA) is 49.9 Å². The van der Waals surface area contributed by atoms with Gasteiger partial charge < -0.3 is 14.5 Å². The standard InChI is InChI=1S/C25H40N2O3/c1-16(2)27(20(6)28)19(5)22-14-17(3)18(4)15-23(22)21-10-12-26(13-11-21)24(29)30-25(7,8)9/h14-16,19,21H,10-13H2,1-9H3/t19-/m0/s1.